The number of para-hydroxylation sites is 3. The van der Waals surface area contributed by atoms with E-state index >= 15 is 0 Å². The van der Waals surface area contributed by atoms with E-state index in [4.69, 9.17) is 9.47 Å². The molecule has 2 heterocycles. The minimum absolute atomic E-state index is 0.137. The smallest absolute Gasteiger partial charge is 0.271 e. The van der Waals surface area contributed by atoms with Gasteiger partial charge >= 0.3 is 0 Å². The first-order valence-corrected chi connectivity index (χ1v) is 8.45. The van der Waals surface area contributed by atoms with Crippen molar-refractivity contribution in [2.24, 2.45) is 0 Å². The number of benzene rings is 2. The molecular formula is C21H18N2O3. The fraction of sp³-hybridized carbons (Fsp3) is 0.143. The molecule has 4 rings (SSSR count). The molecule has 1 aromatic heterocycles. The predicted octanol–water partition coefficient (Wildman–Crippen LogP) is 3.45. The number of anilines is 1. The molecule has 26 heavy (non-hydrogen) atoms. The molecule has 1 atom stereocenters. The van der Waals surface area contributed by atoms with Crippen molar-refractivity contribution in [3.8, 4) is 11.5 Å². The number of nitrogens with zero attached hydrogens (tertiary/aromatic N) is 2. The zero-order valence-electron chi connectivity index (χ0n) is 14.1. The first-order chi connectivity index (χ1) is 12.8. The lowest BCUT2D eigenvalue weighted by atomic mass is 10.2. The van der Waals surface area contributed by atoms with Crippen molar-refractivity contribution >= 4 is 11.6 Å². The van der Waals surface area contributed by atoms with Crippen LogP contribution in [-0.4, -0.2) is 23.6 Å². The Morgan fingerprint density at radius 2 is 1.65 bits per heavy atom. The lowest BCUT2D eigenvalue weighted by molar-refractivity contribution is -0.127. The number of ether oxygens (including phenoxy) is 2. The molecule has 1 aliphatic rings. The Bertz CT molecular complexity index is 884. The molecular weight excluding hydrogens is 328 g/mol. The van der Waals surface area contributed by atoms with Crippen LogP contribution in [0.4, 0.5) is 5.69 Å². The average molecular weight is 346 g/mol. The molecule has 0 radical (unpaired) electrons. The molecule has 0 bridgehead atoms. The molecule has 0 aliphatic carbocycles. The lowest BCUT2D eigenvalue weighted by Gasteiger charge is -2.31. The van der Waals surface area contributed by atoms with Gasteiger partial charge in [0.1, 0.15) is 6.61 Å². The largest absolute Gasteiger partial charge is 0.485 e. The summed E-state index contributed by atoms with van der Waals surface area (Å²) in [5, 5.41) is 0. The van der Waals surface area contributed by atoms with Crippen molar-refractivity contribution in [2.45, 2.75) is 12.6 Å². The highest BCUT2D eigenvalue weighted by Gasteiger charge is 2.31. The standard InChI is InChI=1S/C21H18N2O3/c24-21(20-15-25-18-8-4-5-9-19(18)26-20)23(17-6-2-1-3-7-17)14-16-10-12-22-13-11-16/h1-13,20H,14-15H2. The summed E-state index contributed by atoms with van der Waals surface area (Å²) in [6.07, 6.45) is 2.76. The number of fused-ring (bicyclic) bond motifs is 1. The van der Waals surface area contributed by atoms with Crippen LogP contribution in [0.2, 0.25) is 0 Å². The van der Waals surface area contributed by atoms with Gasteiger partial charge in [0, 0.05) is 18.1 Å². The van der Waals surface area contributed by atoms with Gasteiger partial charge in [-0.3, -0.25) is 9.78 Å². The van der Waals surface area contributed by atoms with Crippen LogP contribution in [0.25, 0.3) is 0 Å². The fourth-order valence-electron chi connectivity index (χ4n) is 2.89. The zero-order chi connectivity index (χ0) is 17.8. The molecule has 1 unspecified atom stereocenters. The maximum Gasteiger partial charge on any atom is 0.271 e. The molecule has 130 valence electrons. The SMILES string of the molecule is O=C(C1COc2ccccc2O1)N(Cc1ccncc1)c1ccccc1. The van der Waals surface area contributed by atoms with Crippen LogP contribution >= 0.6 is 0 Å². The average Bonchev–Trinajstić information content (AvgIpc) is 2.72. The highest BCUT2D eigenvalue weighted by Crippen LogP contribution is 2.32. The van der Waals surface area contributed by atoms with Crippen molar-refractivity contribution in [1.82, 2.24) is 4.98 Å². The van der Waals surface area contributed by atoms with Crippen LogP contribution in [0, 0.1) is 0 Å². The van der Waals surface area contributed by atoms with E-state index in [0.717, 1.165) is 11.3 Å². The third-order valence-electron chi connectivity index (χ3n) is 4.21. The number of hydrogen-bond donors (Lipinski definition) is 0. The van der Waals surface area contributed by atoms with Crippen molar-refractivity contribution < 1.29 is 14.3 Å². The minimum Gasteiger partial charge on any atom is -0.485 e. The van der Waals surface area contributed by atoms with E-state index < -0.39 is 6.10 Å². The quantitative estimate of drug-likeness (QED) is 0.726. The highest BCUT2D eigenvalue weighted by atomic mass is 16.6. The number of carbonyl (C=O) groups excluding carboxylic acids is 1. The van der Waals surface area contributed by atoms with Gasteiger partial charge < -0.3 is 14.4 Å². The van der Waals surface area contributed by atoms with Gasteiger partial charge in [0.25, 0.3) is 5.91 Å². The molecule has 1 amide bonds. The number of aromatic nitrogens is 1. The Labute approximate surface area is 151 Å². The number of rotatable bonds is 4. The first-order valence-electron chi connectivity index (χ1n) is 8.45. The molecule has 2 aromatic carbocycles. The minimum atomic E-state index is -0.688. The Morgan fingerprint density at radius 1 is 0.962 bits per heavy atom. The molecule has 3 aromatic rings. The van der Waals surface area contributed by atoms with Gasteiger partial charge in [-0.2, -0.15) is 0 Å². The summed E-state index contributed by atoms with van der Waals surface area (Å²) in [6.45, 7) is 0.627. The molecule has 1 aliphatic heterocycles. The summed E-state index contributed by atoms with van der Waals surface area (Å²) in [5.41, 5.74) is 1.81. The van der Waals surface area contributed by atoms with E-state index in [9.17, 15) is 4.79 Å². The first kappa shape index (κ1) is 16.1. The topological polar surface area (TPSA) is 51.7 Å². The second-order valence-electron chi connectivity index (χ2n) is 5.98. The lowest BCUT2D eigenvalue weighted by Crippen LogP contribution is -2.46. The second-order valence-corrected chi connectivity index (χ2v) is 5.98. The fourth-order valence-corrected chi connectivity index (χ4v) is 2.89. The van der Waals surface area contributed by atoms with Gasteiger partial charge in [0.05, 0.1) is 6.54 Å². The Balaban J connectivity index is 1.60. The van der Waals surface area contributed by atoms with Gasteiger partial charge in [-0.25, -0.2) is 0 Å². The monoisotopic (exact) mass is 346 g/mol. The van der Waals surface area contributed by atoms with Crippen LogP contribution in [0.1, 0.15) is 5.56 Å². The van der Waals surface area contributed by atoms with Gasteiger partial charge in [0.2, 0.25) is 6.10 Å². The molecule has 5 nitrogen and oxygen atoms in total. The summed E-state index contributed by atoms with van der Waals surface area (Å²) >= 11 is 0. The maximum absolute atomic E-state index is 13.2. The van der Waals surface area contributed by atoms with Crippen LogP contribution in [0.5, 0.6) is 11.5 Å². The highest BCUT2D eigenvalue weighted by molar-refractivity contribution is 5.97. The number of pyridine rings is 1. The normalized spacial score (nSPS) is 15.3. The van der Waals surface area contributed by atoms with E-state index in [2.05, 4.69) is 4.98 Å². The van der Waals surface area contributed by atoms with Crippen LogP contribution in [0.15, 0.2) is 79.1 Å². The van der Waals surface area contributed by atoms with E-state index in [1.807, 2.05) is 66.7 Å². The zero-order valence-corrected chi connectivity index (χ0v) is 14.1. The van der Waals surface area contributed by atoms with E-state index in [0.29, 0.717) is 18.0 Å². The maximum atomic E-state index is 13.2. The second kappa shape index (κ2) is 7.27. The van der Waals surface area contributed by atoms with Gasteiger partial charge in [-0.05, 0) is 42.0 Å². The summed E-state index contributed by atoms with van der Waals surface area (Å²) in [4.78, 5) is 19.0. The Kier molecular flexibility index (Phi) is 4.51. The summed E-state index contributed by atoms with van der Waals surface area (Å²) < 4.78 is 11.6. The van der Waals surface area contributed by atoms with Crippen molar-refractivity contribution in [3.63, 3.8) is 0 Å². The van der Waals surface area contributed by atoms with Crippen molar-refractivity contribution in [3.05, 3.63) is 84.7 Å². The Hall–Kier alpha value is -3.34. The van der Waals surface area contributed by atoms with E-state index in [1.54, 1.807) is 17.3 Å². The van der Waals surface area contributed by atoms with Crippen LogP contribution in [0.3, 0.4) is 0 Å². The molecule has 0 saturated heterocycles. The summed E-state index contributed by atoms with van der Waals surface area (Å²) in [5.74, 6) is 1.12. The number of amides is 1. The molecule has 0 N–H and O–H groups in total. The van der Waals surface area contributed by atoms with Crippen molar-refractivity contribution in [1.29, 1.82) is 0 Å². The number of carbonyl (C=O) groups is 1. The molecule has 0 saturated carbocycles. The molecule has 0 fully saturated rings. The summed E-state index contributed by atoms with van der Waals surface area (Å²) in [6, 6.07) is 20.8. The van der Waals surface area contributed by atoms with Gasteiger partial charge in [-0.15, -0.1) is 0 Å². The van der Waals surface area contributed by atoms with Crippen LogP contribution < -0.4 is 14.4 Å². The molecule has 0 spiro atoms. The number of hydrogen-bond acceptors (Lipinski definition) is 4. The third kappa shape index (κ3) is 3.37. The Morgan fingerprint density at radius 3 is 2.42 bits per heavy atom. The van der Waals surface area contributed by atoms with Gasteiger partial charge in [0.15, 0.2) is 11.5 Å². The summed E-state index contributed by atoms with van der Waals surface area (Å²) in [7, 11) is 0. The third-order valence-corrected chi connectivity index (χ3v) is 4.21. The van der Waals surface area contributed by atoms with Gasteiger partial charge in [-0.1, -0.05) is 30.3 Å². The van der Waals surface area contributed by atoms with Crippen molar-refractivity contribution in [2.75, 3.05) is 11.5 Å². The van der Waals surface area contributed by atoms with E-state index in [-0.39, 0.29) is 12.5 Å². The van der Waals surface area contributed by atoms with E-state index in [1.165, 1.54) is 0 Å². The molecule has 5 heteroatoms. The predicted molar refractivity (Wildman–Crippen MR) is 98.2 cm³/mol. The van der Waals surface area contributed by atoms with Crippen LogP contribution in [-0.2, 0) is 11.3 Å².